The van der Waals surface area contributed by atoms with Gasteiger partial charge in [0.2, 0.25) is 0 Å². The average molecular weight is 423 g/mol. The molecule has 0 aliphatic carbocycles. The molecule has 0 spiro atoms. The summed E-state index contributed by atoms with van der Waals surface area (Å²) in [7, 11) is -6.40. The van der Waals surface area contributed by atoms with Crippen molar-refractivity contribution < 1.29 is 22.5 Å². The molecule has 0 saturated heterocycles. The van der Waals surface area contributed by atoms with Gasteiger partial charge in [0.05, 0.1) is 25.4 Å². The minimum absolute atomic E-state index is 0.142. The standard InChI is InChI=1S/C18H42O5Si3/c1-16(2)20-13-12-14-21-17(19)15-24(6,7)22-26(10,11)23-25(8,9)18(3,4)5/h16H,12-15H2,1-11H3. The van der Waals surface area contributed by atoms with Crippen LogP contribution in [0.15, 0.2) is 0 Å². The largest absolute Gasteiger partial charge is 0.466 e. The fourth-order valence-corrected chi connectivity index (χ4v) is 15.5. The first-order valence-corrected chi connectivity index (χ1v) is 18.5. The summed E-state index contributed by atoms with van der Waals surface area (Å²) in [4.78, 5) is 12.2. The lowest BCUT2D eigenvalue weighted by molar-refractivity contribution is -0.141. The van der Waals surface area contributed by atoms with E-state index in [0.717, 1.165) is 6.42 Å². The Morgan fingerprint density at radius 1 is 0.923 bits per heavy atom. The Balaban J connectivity index is 4.51. The van der Waals surface area contributed by atoms with E-state index in [0.29, 0.717) is 19.3 Å². The summed E-state index contributed by atoms with van der Waals surface area (Å²) in [5.74, 6) is -0.177. The summed E-state index contributed by atoms with van der Waals surface area (Å²) in [6.45, 7) is 24.5. The van der Waals surface area contributed by atoms with Crippen molar-refractivity contribution in [3.05, 3.63) is 0 Å². The zero-order valence-electron chi connectivity index (χ0n) is 18.9. The molecule has 0 aromatic heterocycles. The van der Waals surface area contributed by atoms with Crippen LogP contribution in [-0.4, -0.2) is 50.5 Å². The van der Waals surface area contributed by atoms with Crippen molar-refractivity contribution in [3.63, 3.8) is 0 Å². The number of hydrogen-bond acceptors (Lipinski definition) is 5. The highest BCUT2D eigenvalue weighted by Crippen LogP contribution is 2.39. The van der Waals surface area contributed by atoms with Crippen LogP contribution in [0.2, 0.25) is 50.4 Å². The third-order valence-corrected chi connectivity index (χ3v) is 17.3. The number of carbonyl (C=O) groups is 1. The van der Waals surface area contributed by atoms with Crippen LogP contribution in [-0.2, 0) is 22.5 Å². The molecule has 0 aromatic rings. The van der Waals surface area contributed by atoms with E-state index in [4.69, 9.17) is 17.7 Å². The second-order valence-electron chi connectivity index (χ2n) is 9.79. The third-order valence-electron chi connectivity index (χ3n) is 4.40. The molecule has 0 N–H and O–H groups in total. The lowest BCUT2D eigenvalue weighted by atomic mass is 10.2. The summed E-state index contributed by atoms with van der Waals surface area (Å²) < 4.78 is 23.8. The van der Waals surface area contributed by atoms with E-state index in [1.54, 1.807) is 0 Å². The highest BCUT2D eigenvalue weighted by molar-refractivity contribution is 6.89. The lowest BCUT2D eigenvalue weighted by Crippen LogP contribution is -2.55. The van der Waals surface area contributed by atoms with Crippen LogP contribution in [0.5, 0.6) is 0 Å². The van der Waals surface area contributed by atoms with E-state index in [1.165, 1.54) is 0 Å². The van der Waals surface area contributed by atoms with Gasteiger partial charge in [-0.1, -0.05) is 20.8 Å². The highest BCUT2D eigenvalue weighted by Gasteiger charge is 2.45. The molecule has 0 radical (unpaired) electrons. The molecule has 0 saturated carbocycles. The smallest absolute Gasteiger partial charge is 0.311 e. The van der Waals surface area contributed by atoms with Crippen molar-refractivity contribution in [3.8, 4) is 0 Å². The Hall–Kier alpha value is 0.000649. The monoisotopic (exact) mass is 422 g/mol. The van der Waals surface area contributed by atoms with Gasteiger partial charge in [-0.3, -0.25) is 4.79 Å². The van der Waals surface area contributed by atoms with Crippen molar-refractivity contribution in [1.82, 2.24) is 0 Å². The fourth-order valence-electron chi connectivity index (χ4n) is 2.45. The van der Waals surface area contributed by atoms with Gasteiger partial charge in [0, 0.05) is 6.42 Å². The predicted octanol–water partition coefficient (Wildman–Crippen LogP) is 5.29. The third kappa shape index (κ3) is 11.0. The second kappa shape index (κ2) is 9.97. The minimum atomic E-state index is -2.31. The van der Waals surface area contributed by atoms with E-state index in [1.807, 2.05) is 13.8 Å². The van der Waals surface area contributed by atoms with Gasteiger partial charge >= 0.3 is 14.5 Å². The molecule has 0 rings (SSSR count). The lowest BCUT2D eigenvalue weighted by Gasteiger charge is -2.44. The van der Waals surface area contributed by atoms with Gasteiger partial charge < -0.3 is 17.7 Å². The first-order valence-electron chi connectivity index (χ1n) is 9.65. The van der Waals surface area contributed by atoms with Crippen LogP contribution < -0.4 is 0 Å². The Kier molecular flexibility index (Phi) is 9.97. The predicted molar refractivity (Wildman–Crippen MR) is 116 cm³/mol. The van der Waals surface area contributed by atoms with Gasteiger partial charge in [-0.2, -0.15) is 0 Å². The molecular weight excluding hydrogens is 380 g/mol. The minimum Gasteiger partial charge on any atom is -0.466 e. The zero-order valence-corrected chi connectivity index (χ0v) is 21.9. The van der Waals surface area contributed by atoms with Crippen molar-refractivity contribution in [2.24, 2.45) is 0 Å². The Morgan fingerprint density at radius 3 is 1.92 bits per heavy atom. The van der Waals surface area contributed by atoms with Crippen molar-refractivity contribution in [1.29, 1.82) is 0 Å². The molecule has 0 heterocycles. The molecule has 0 aliphatic rings. The molecule has 0 aliphatic heterocycles. The quantitative estimate of drug-likeness (QED) is 0.257. The normalized spacial score (nSPS) is 14.0. The number of rotatable bonds is 11. The molecule has 0 unspecified atom stereocenters. The van der Waals surface area contributed by atoms with Gasteiger partial charge in [-0.15, -0.1) is 0 Å². The first kappa shape index (κ1) is 26.0. The van der Waals surface area contributed by atoms with E-state index >= 15 is 0 Å². The van der Waals surface area contributed by atoms with Gasteiger partial charge in [-0.25, -0.2) is 0 Å². The van der Waals surface area contributed by atoms with Gasteiger partial charge in [0.1, 0.15) is 0 Å². The van der Waals surface area contributed by atoms with E-state index in [-0.39, 0.29) is 17.1 Å². The van der Waals surface area contributed by atoms with Crippen LogP contribution in [0.1, 0.15) is 41.0 Å². The average Bonchev–Trinajstić information content (AvgIpc) is 2.32. The van der Waals surface area contributed by atoms with Crippen LogP contribution in [0.3, 0.4) is 0 Å². The molecule has 5 nitrogen and oxygen atoms in total. The first-order chi connectivity index (χ1) is 11.5. The van der Waals surface area contributed by atoms with Gasteiger partial charge in [0.15, 0.2) is 16.6 Å². The van der Waals surface area contributed by atoms with E-state index in [2.05, 4.69) is 60.1 Å². The second-order valence-corrected chi connectivity index (χ2v) is 22.6. The molecule has 26 heavy (non-hydrogen) atoms. The topological polar surface area (TPSA) is 54.0 Å². The van der Waals surface area contributed by atoms with Crippen molar-refractivity contribution in [2.75, 3.05) is 13.2 Å². The van der Waals surface area contributed by atoms with Crippen molar-refractivity contribution >= 4 is 31.2 Å². The number of hydrogen-bond donors (Lipinski definition) is 0. The Labute approximate surface area is 164 Å². The molecule has 8 heteroatoms. The zero-order chi connectivity index (χ0) is 20.8. The van der Waals surface area contributed by atoms with Crippen LogP contribution in [0.25, 0.3) is 0 Å². The summed E-state index contributed by atoms with van der Waals surface area (Å²) in [5, 5.41) is 0.142. The number of ether oxygens (including phenoxy) is 2. The SMILES string of the molecule is CC(C)OCCCOC(=O)C[Si](C)(C)O[Si](C)(C)O[Si](C)(C)C(C)(C)C. The maximum atomic E-state index is 12.2. The summed E-state index contributed by atoms with van der Waals surface area (Å²) in [6, 6.07) is 0.356. The summed E-state index contributed by atoms with van der Waals surface area (Å²) >= 11 is 0. The molecular formula is C18H42O5Si3. The molecule has 0 aromatic carbocycles. The maximum Gasteiger partial charge on any atom is 0.311 e. The number of carbonyl (C=O) groups excluding carboxylic acids is 1. The van der Waals surface area contributed by atoms with Crippen LogP contribution >= 0.6 is 0 Å². The van der Waals surface area contributed by atoms with E-state index in [9.17, 15) is 4.79 Å². The molecule has 156 valence electrons. The van der Waals surface area contributed by atoms with Gasteiger partial charge in [0.25, 0.3) is 0 Å². The number of esters is 1. The molecule has 0 fully saturated rings. The van der Waals surface area contributed by atoms with Crippen LogP contribution in [0, 0.1) is 0 Å². The Bertz CT molecular complexity index is 443. The summed E-state index contributed by atoms with van der Waals surface area (Å²) in [5.41, 5.74) is 0. The van der Waals surface area contributed by atoms with E-state index < -0.39 is 25.2 Å². The summed E-state index contributed by atoms with van der Waals surface area (Å²) in [6.07, 6.45) is 0.931. The highest BCUT2D eigenvalue weighted by atomic mass is 28.5. The van der Waals surface area contributed by atoms with Crippen molar-refractivity contribution in [2.45, 2.75) is 97.5 Å². The Morgan fingerprint density at radius 2 is 1.46 bits per heavy atom. The molecule has 0 amide bonds. The van der Waals surface area contributed by atoms with Crippen LogP contribution in [0.4, 0.5) is 0 Å². The fraction of sp³-hybridized carbons (Fsp3) is 0.944. The molecule has 0 atom stereocenters. The molecule has 0 bridgehead atoms. The maximum absolute atomic E-state index is 12.2. The van der Waals surface area contributed by atoms with Gasteiger partial charge in [-0.05, 0) is 58.2 Å².